The molecule has 3 nitrogen and oxygen atoms in total. The highest BCUT2D eigenvalue weighted by molar-refractivity contribution is 7.98. The summed E-state index contributed by atoms with van der Waals surface area (Å²) >= 11 is 1.66. The average molecular weight is 286 g/mol. The first kappa shape index (κ1) is 14.5. The van der Waals surface area contributed by atoms with Crippen molar-refractivity contribution in [2.75, 3.05) is 6.26 Å². The van der Waals surface area contributed by atoms with Crippen molar-refractivity contribution >= 4 is 17.8 Å². The van der Waals surface area contributed by atoms with Gasteiger partial charge in [0.15, 0.2) is 0 Å². The molecule has 0 aliphatic carbocycles. The van der Waals surface area contributed by atoms with Gasteiger partial charge in [0.1, 0.15) is 0 Å². The highest BCUT2D eigenvalue weighted by Gasteiger charge is 2.19. The summed E-state index contributed by atoms with van der Waals surface area (Å²) in [5.74, 6) is 0. The predicted octanol–water partition coefficient (Wildman–Crippen LogP) is 3.47. The number of urea groups is 1. The first-order chi connectivity index (χ1) is 9.63. The van der Waals surface area contributed by atoms with Gasteiger partial charge < -0.3 is 11.1 Å². The standard InChI is InChI=1S/C16H18N2OS/c1-11-7-3-4-8-12(11)15(18-16(17)19)13-9-5-6-10-14(13)20-2/h3-10,15H,1-2H3,(H3,17,18,19). The van der Waals surface area contributed by atoms with Gasteiger partial charge in [-0.2, -0.15) is 0 Å². The maximum Gasteiger partial charge on any atom is 0.312 e. The molecule has 2 aromatic rings. The second kappa shape index (κ2) is 6.48. The molecule has 0 saturated carbocycles. The highest BCUT2D eigenvalue weighted by atomic mass is 32.2. The molecular formula is C16H18N2OS. The number of aryl methyl sites for hydroxylation is 1. The third-order valence-corrected chi connectivity index (χ3v) is 4.05. The minimum atomic E-state index is -0.519. The van der Waals surface area contributed by atoms with Crippen molar-refractivity contribution in [2.24, 2.45) is 5.73 Å². The summed E-state index contributed by atoms with van der Waals surface area (Å²) in [7, 11) is 0. The van der Waals surface area contributed by atoms with Gasteiger partial charge in [0.2, 0.25) is 0 Å². The zero-order chi connectivity index (χ0) is 14.5. The summed E-state index contributed by atoms with van der Waals surface area (Å²) in [5, 5.41) is 2.85. The Morgan fingerprint density at radius 3 is 2.30 bits per heavy atom. The highest BCUT2D eigenvalue weighted by Crippen LogP contribution is 2.31. The van der Waals surface area contributed by atoms with Crippen LogP contribution in [-0.2, 0) is 0 Å². The molecule has 2 aromatic carbocycles. The molecule has 3 N–H and O–H groups in total. The van der Waals surface area contributed by atoms with Crippen molar-refractivity contribution in [1.82, 2.24) is 5.32 Å². The van der Waals surface area contributed by atoms with Crippen molar-refractivity contribution in [3.8, 4) is 0 Å². The average Bonchev–Trinajstić information content (AvgIpc) is 2.45. The van der Waals surface area contributed by atoms with Crippen LogP contribution in [0.1, 0.15) is 22.7 Å². The summed E-state index contributed by atoms with van der Waals surface area (Å²) < 4.78 is 0. The van der Waals surface area contributed by atoms with Crippen molar-refractivity contribution < 1.29 is 4.79 Å². The van der Waals surface area contributed by atoms with Crippen LogP contribution >= 0.6 is 11.8 Å². The smallest absolute Gasteiger partial charge is 0.312 e. The fourth-order valence-corrected chi connectivity index (χ4v) is 2.92. The van der Waals surface area contributed by atoms with E-state index in [1.54, 1.807) is 11.8 Å². The molecule has 0 bridgehead atoms. The lowest BCUT2D eigenvalue weighted by Gasteiger charge is -2.22. The molecule has 0 aliphatic rings. The number of amides is 2. The van der Waals surface area contributed by atoms with E-state index < -0.39 is 6.03 Å². The number of nitrogens with one attached hydrogen (secondary N) is 1. The van der Waals surface area contributed by atoms with Gasteiger partial charge in [-0.3, -0.25) is 0 Å². The van der Waals surface area contributed by atoms with Gasteiger partial charge in [-0.1, -0.05) is 42.5 Å². The molecule has 0 aliphatic heterocycles. The van der Waals surface area contributed by atoms with Crippen LogP contribution in [0.25, 0.3) is 0 Å². The Morgan fingerprint density at radius 1 is 1.10 bits per heavy atom. The van der Waals surface area contributed by atoms with Crippen LogP contribution in [0.5, 0.6) is 0 Å². The van der Waals surface area contributed by atoms with Gasteiger partial charge in [-0.25, -0.2) is 4.79 Å². The van der Waals surface area contributed by atoms with Gasteiger partial charge in [-0.05, 0) is 35.9 Å². The summed E-state index contributed by atoms with van der Waals surface area (Å²) in [6.07, 6.45) is 2.03. The van der Waals surface area contributed by atoms with Crippen LogP contribution in [-0.4, -0.2) is 12.3 Å². The van der Waals surface area contributed by atoms with E-state index in [0.717, 1.165) is 21.6 Å². The summed E-state index contributed by atoms with van der Waals surface area (Å²) in [6, 6.07) is 15.3. The SMILES string of the molecule is CSc1ccccc1C(NC(N)=O)c1ccccc1C. The summed E-state index contributed by atoms with van der Waals surface area (Å²) in [4.78, 5) is 12.5. The molecule has 0 radical (unpaired) electrons. The van der Waals surface area contributed by atoms with E-state index in [-0.39, 0.29) is 6.04 Å². The number of hydrogen-bond donors (Lipinski definition) is 2. The Balaban J connectivity index is 2.53. The van der Waals surface area contributed by atoms with Gasteiger partial charge in [0, 0.05) is 4.90 Å². The van der Waals surface area contributed by atoms with Crippen LogP contribution < -0.4 is 11.1 Å². The third-order valence-electron chi connectivity index (χ3n) is 3.24. The molecule has 0 heterocycles. The van der Waals surface area contributed by atoms with Crippen LogP contribution in [0.2, 0.25) is 0 Å². The topological polar surface area (TPSA) is 55.1 Å². The van der Waals surface area contributed by atoms with E-state index in [9.17, 15) is 4.79 Å². The Morgan fingerprint density at radius 2 is 1.70 bits per heavy atom. The minimum Gasteiger partial charge on any atom is -0.352 e. The van der Waals surface area contributed by atoms with Crippen molar-refractivity contribution in [1.29, 1.82) is 0 Å². The van der Waals surface area contributed by atoms with Gasteiger partial charge >= 0.3 is 6.03 Å². The van der Waals surface area contributed by atoms with Crippen molar-refractivity contribution in [2.45, 2.75) is 17.9 Å². The number of hydrogen-bond acceptors (Lipinski definition) is 2. The molecule has 0 saturated heterocycles. The first-order valence-corrected chi connectivity index (χ1v) is 7.60. The van der Waals surface area contributed by atoms with E-state index in [0.29, 0.717) is 0 Å². The molecule has 0 fully saturated rings. The fourth-order valence-electron chi connectivity index (χ4n) is 2.28. The van der Waals surface area contributed by atoms with Gasteiger partial charge in [-0.15, -0.1) is 11.8 Å². The normalized spacial score (nSPS) is 11.9. The molecule has 0 spiro atoms. The van der Waals surface area contributed by atoms with E-state index in [1.165, 1.54) is 0 Å². The van der Waals surface area contributed by atoms with Crippen LogP contribution in [0, 0.1) is 6.92 Å². The second-order valence-corrected chi connectivity index (χ2v) is 5.39. The Bertz CT molecular complexity index is 613. The Kier molecular flexibility index (Phi) is 4.69. The number of benzene rings is 2. The van der Waals surface area contributed by atoms with Crippen molar-refractivity contribution in [3.05, 3.63) is 65.2 Å². The largest absolute Gasteiger partial charge is 0.352 e. The van der Waals surface area contributed by atoms with E-state index in [4.69, 9.17) is 5.73 Å². The van der Waals surface area contributed by atoms with Gasteiger partial charge in [0.05, 0.1) is 6.04 Å². The van der Waals surface area contributed by atoms with Crippen LogP contribution in [0.15, 0.2) is 53.4 Å². The predicted molar refractivity (Wildman–Crippen MR) is 84.0 cm³/mol. The molecule has 2 rings (SSSR count). The second-order valence-electron chi connectivity index (χ2n) is 4.54. The summed E-state index contributed by atoms with van der Waals surface area (Å²) in [5.41, 5.74) is 8.61. The van der Waals surface area contributed by atoms with E-state index >= 15 is 0 Å². The monoisotopic (exact) mass is 286 g/mol. The zero-order valence-corrected chi connectivity index (χ0v) is 12.4. The zero-order valence-electron chi connectivity index (χ0n) is 11.6. The minimum absolute atomic E-state index is 0.225. The number of nitrogens with two attached hydrogens (primary N) is 1. The molecule has 2 amide bonds. The molecule has 4 heteroatoms. The van der Waals surface area contributed by atoms with Gasteiger partial charge in [0.25, 0.3) is 0 Å². The molecule has 0 aromatic heterocycles. The molecule has 20 heavy (non-hydrogen) atoms. The van der Waals surface area contributed by atoms with Crippen molar-refractivity contribution in [3.63, 3.8) is 0 Å². The third kappa shape index (κ3) is 3.14. The maximum absolute atomic E-state index is 11.4. The number of primary amides is 1. The lowest BCUT2D eigenvalue weighted by atomic mass is 9.95. The number of thioether (sulfide) groups is 1. The first-order valence-electron chi connectivity index (χ1n) is 6.38. The van der Waals surface area contributed by atoms with E-state index in [1.807, 2.05) is 61.7 Å². The quantitative estimate of drug-likeness (QED) is 0.845. The molecular weight excluding hydrogens is 268 g/mol. The Hall–Kier alpha value is -1.94. The maximum atomic E-state index is 11.4. The van der Waals surface area contributed by atoms with E-state index in [2.05, 4.69) is 5.32 Å². The fraction of sp³-hybridized carbons (Fsp3) is 0.188. The van der Waals surface area contributed by atoms with Crippen LogP contribution in [0.4, 0.5) is 4.79 Å². The number of carbonyl (C=O) groups is 1. The molecule has 1 atom stereocenters. The molecule has 104 valence electrons. The summed E-state index contributed by atoms with van der Waals surface area (Å²) in [6.45, 7) is 2.03. The number of carbonyl (C=O) groups excluding carboxylic acids is 1. The molecule has 1 unspecified atom stereocenters. The number of rotatable bonds is 4. The Labute approximate surface area is 123 Å². The van der Waals surface area contributed by atoms with Crippen LogP contribution in [0.3, 0.4) is 0 Å². The lowest BCUT2D eigenvalue weighted by Crippen LogP contribution is -2.34. The lowest BCUT2D eigenvalue weighted by molar-refractivity contribution is 0.246.